The van der Waals surface area contributed by atoms with Crippen LogP contribution < -0.4 is 5.32 Å². The molecule has 0 spiro atoms. The molecule has 0 aliphatic carbocycles. The van der Waals surface area contributed by atoms with E-state index in [1.807, 2.05) is 13.8 Å². The Morgan fingerprint density at radius 1 is 1.08 bits per heavy atom. The molecule has 0 bridgehead atoms. The standard InChI is InChI=1S/C18H19N3OS3/c1-12(2)19-16(22)11-24-18-21-20-17(25-18)23-10-14-8-5-7-13-6-3-4-9-15(13)14/h3-9,12H,10-11H2,1-2H3,(H,19,22). The number of hydrogen-bond donors (Lipinski definition) is 1. The van der Waals surface area contributed by atoms with E-state index in [2.05, 4.69) is 58.0 Å². The topological polar surface area (TPSA) is 54.9 Å². The smallest absolute Gasteiger partial charge is 0.230 e. The lowest BCUT2D eigenvalue weighted by Gasteiger charge is -2.06. The zero-order valence-corrected chi connectivity index (χ0v) is 16.5. The van der Waals surface area contributed by atoms with E-state index in [0.717, 1.165) is 14.4 Å². The largest absolute Gasteiger partial charge is 0.353 e. The lowest BCUT2D eigenvalue weighted by molar-refractivity contribution is -0.119. The first-order valence-corrected chi connectivity index (χ1v) is 10.8. The monoisotopic (exact) mass is 389 g/mol. The maximum absolute atomic E-state index is 11.7. The summed E-state index contributed by atoms with van der Waals surface area (Å²) in [6.45, 7) is 3.91. The molecule has 0 aliphatic heterocycles. The number of carbonyl (C=O) groups excluding carboxylic acids is 1. The summed E-state index contributed by atoms with van der Waals surface area (Å²) in [6, 6.07) is 14.9. The highest BCUT2D eigenvalue weighted by molar-refractivity contribution is 8.03. The number of hydrogen-bond acceptors (Lipinski definition) is 6. The predicted molar refractivity (Wildman–Crippen MR) is 107 cm³/mol. The molecule has 4 nitrogen and oxygen atoms in total. The van der Waals surface area contributed by atoms with Crippen LogP contribution in [0.4, 0.5) is 0 Å². The SMILES string of the molecule is CC(C)NC(=O)CSc1nnc(SCc2cccc3ccccc23)s1. The molecule has 130 valence electrons. The quantitative estimate of drug-likeness (QED) is 0.599. The first-order valence-electron chi connectivity index (χ1n) is 7.97. The van der Waals surface area contributed by atoms with Gasteiger partial charge in [0.05, 0.1) is 5.75 Å². The average molecular weight is 390 g/mol. The molecule has 2 aromatic carbocycles. The minimum atomic E-state index is 0.0279. The van der Waals surface area contributed by atoms with Crippen LogP contribution in [0.25, 0.3) is 10.8 Å². The predicted octanol–water partition coefficient (Wildman–Crippen LogP) is 4.60. The van der Waals surface area contributed by atoms with Gasteiger partial charge in [-0.15, -0.1) is 10.2 Å². The Morgan fingerprint density at radius 2 is 1.80 bits per heavy atom. The van der Waals surface area contributed by atoms with Crippen LogP contribution in [0.15, 0.2) is 51.1 Å². The van der Waals surface area contributed by atoms with Crippen LogP contribution in [0.2, 0.25) is 0 Å². The second kappa shape index (κ2) is 8.69. The van der Waals surface area contributed by atoms with Crippen molar-refractivity contribution in [1.29, 1.82) is 0 Å². The first kappa shape index (κ1) is 18.2. The Bertz CT molecular complexity index is 858. The van der Waals surface area contributed by atoms with Crippen LogP contribution in [0.5, 0.6) is 0 Å². The number of benzene rings is 2. The van der Waals surface area contributed by atoms with Crippen LogP contribution in [-0.2, 0) is 10.5 Å². The van der Waals surface area contributed by atoms with E-state index in [4.69, 9.17) is 0 Å². The molecule has 1 aromatic heterocycles. The van der Waals surface area contributed by atoms with Gasteiger partial charge in [0.25, 0.3) is 0 Å². The number of nitrogens with zero attached hydrogens (tertiary/aromatic N) is 2. The highest BCUT2D eigenvalue weighted by Gasteiger charge is 2.10. The maximum Gasteiger partial charge on any atom is 0.230 e. The fourth-order valence-electron chi connectivity index (χ4n) is 2.36. The van der Waals surface area contributed by atoms with Gasteiger partial charge in [0, 0.05) is 11.8 Å². The van der Waals surface area contributed by atoms with Gasteiger partial charge < -0.3 is 5.32 Å². The van der Waals surface area contributed by atoms with Gasteiger partial charge >= 0.3 is 0 Å². The fraction of sp³-hybridized carbons (Fsp3) is 0.278. The lowest BCUT2D eigenvalue weighted by atomic mass is 10.1. The molecule has 1 N–H and O–H groups in total. The number of fused-ring (bicyclic) bond motifs is 1. The van der Waals surface area contributed by atoms with Gasteiger partial charge in [-0.1, -0.05) is 77.3 Å². The van der Waals surface area contributed by atoms with Gasteiger partial charge in [-0.3, -0.25) is 4.79 Å². The average Bonchev–Trinajstić information content (AvgIpc) is 3.05. The van der Waals surface area contributed by atoms with Crippen molar-refractivity contribution in [2.45, 2.75) is 34.3 Å². The number of thioether (sulfide) groups is 2. The van der Waals surface area contributed by atoms with E-state index in [0.29, 0.717) is 5.75 Å². The van der Waals surface area contributed by atoms with Gasteiger partial charge in [-0.25, -0.2) is 0 Å². The Hall–Kier alpha value is -1.57. The molecule has 0 saturated heterocycles. The van der Waals surface area contributed by atoms with E-state index in [9.17, 15) is 4.79 Å². The zero-order chi connectivity index (χ0) is 17.6. The normalized spacial score (nSPS) is 11.2. The van der Waals surface area contributed by atoms with Crippen molar-refractivity contribution in [3.63, 3.8) is 0 Å². The number of amides is 1. The van der Waals surface area contributed by atoms with Crippen molar-refractivity contribution in [1.82, 2.24) is 15.5 Å². The van der Waals surface area contributed by atoms with Gasteiger partial charge in [0.15, 0.2) is 8.68 Å². The molecule has 0 fully saturated rings. The summed E-state index contributed by atoms with van der Waals surface area (Å²) >= 11 is 4.66. The molecule has 3 rings (SSSR count). The minimum Gasteiger partial charge on any atom is -0.353 e. The summed E-state index contributed by atoms with van der Waals surface area (Å²) in [4.78, 5) is 11.7. The Kier molecular flexibility index (Phi) is 6.34. The maximum atomic E-state index is 11.7. The molecule has 1 amide bonds. The number of nitrogens with one attached hydrogen (secondary N) is 1. The van der Waals surface area contributed by atoms with Gasteiger partial charge in [0.1, 0.15) is 0 Å². The summed E-state index contributed by atoms with van der Waals surface area (Å²) in [6.07, 6.45) is 0. The number of rotatable bonds is 7. The van der Waals surface area contributed by atoms with Crippen molar-refractivity contribution in [2.24, 2.45) is 0 Å². The highest BCUT2D eigenvalue weighted by Crippen LogP contribution is 2.32. The van der Waals surface area contributed by atoms with Crippen molar-refractivity contribution in [2.75, 3.05) is 5.75 Å². The van der Waals surface area contributed by atoms with Gasteiger partial charge in [-0.05, 0) is 30.2 Å². The molecular weight excluding hydrogens is 370 g/mol. The summed E-state index contributed by atoms with van der Waals surface area (Å²) in [5.74, 6) is 1.26. The van der Waals surface area contributed by atoms with Crippen LogP contribution in [0.3, 0.4) is 0 Å². The molecule has 3 aromatic rings. The van der Waals surface area contributed by atoms with E-state index in [-0.39, 0.29) is 11.9 Å². The molecular formula is C18H19N3OS3. The van der Waals surface area contributed by atoms with Crippen molar-refractivity contribution < 1.29 is 4.79 Å². The Morgan fingerprint density at radius 3 is 2.60 bits per heavy atom. The number of aromatic nitrogens is 2. The summed E-state index contributed by atoms with van der Waals surface area (Å²) in [5.41, 5.74) is 1.30. The Labute approximate surface area is 159 Å². The first-order chi connectivity index (χ1) is 12.1. The second-order valence-corrected chi connectivity index (χ2v) is 9.19. The highest BCUT2D eigenvalue weighted by atomic mass is 32.2. The zero-order valence-electron chi connectivity index (χ0n) is 14.1. The summed E-state index contributed by atoms with van der Waals surface area (Å²) < 4.78 is 1.76. The molecule has 1 heterocycles. The van der Waals surface area contributed by atoms with Gasteiger partial charge in [0.2, 0.25) is 5.91 Å². The molecule has 25 heavy (non-hydrogen) atoms. The fourth-order valence-corrected chi connectivity index (χ4v) is 5.20. The Balaban J connectivity index is 1.57. The summed E-state index contributed by atoms with van der Waals surface area (Å²) in [5, 5.41) is 13.8. The third kappa shape index (κ3) is 5.20. The van der Waals surface area contributed by atoms with Gasteiger partial charge in [-0.2, -0.15) is 0 Å². The van der Waals surface area contributed by atoms with E-state index in [1.165, 1.54) is 28.1 Å². The van der Waals surface area contributed by atoms with Crippen LogP contribution in [-0.4, -0.2) is 27.9 Å². The van der Waals surface area contributed by atoms with Crippen LogP contribution >= 0.6 is 34.9 Å². The second-order valence-electron chi connectivity index (χ2n) is 5.77. The molecule has 0 aliphatic rings. The third-order valence-corrected chi connectivity index (χ3v) is 6.63. The van der Waals surface area contributed by atoms with Crippen LogP contribution in [0.1, 0.15) is 19.4 Å². The molecule has 0 radical (unpaired) electrons. The van der Waals surface area contributed by atoms with E-state index >= 15 is 0 Å². The molecule has 7 heteroatoms. The van der Waals surface area contributed by atoms with Crippen LogP contribution in [0, 0.1) is 0 Å². The van der Waals surface area contributed by atoms with Crippen molar-refractivity contribution in [3.8, 4) is 0 Å². The van der Waals surface area contributed by atoms with Crippen molar-refractivity contribution >= 4 is 51.5 Å². The van der Waals surface area contributed by atoms with E-state index in [1.54, 1.807) is 23.1 Å². The molecule has 0 unspecified atom stereocenters. The summed E-state index contributed by atoms with van der Waals surface area (Å²) in [7, 11) is 0. The van der Waals surface area contributed by atoms with E-state index < -0.39 is 0 Å². The third-order valence-electron chi connectivity index (χ3n) is 3.40. The lowest BCUT2D eigenvalue weighted by Crippen LogP contribution is -2.31. The number of carbonyl (C=O) groups is 1. The molecule has 0 atom stereocenters. The minimum absolute atomic E-state index is 0.0279. The van der Waals surface area contributed by atoms with Crippen molar-refractivity contribution in [3.05, 3.63) is 48.0 Å². The molecule has 0 saturated carbocycles.